The molecular weight excluding hydrogens is 483 g/mol. The second-order valence-corrected chi connectivity index (χ2v) is 9.75. The number of halogens is 3. The molecule has 1 fully saturated rings. The molecule has 37 heavy (non-hydrogen) atoms. The molecule has 0 unspecified atom stereocenters. The Morgan fingerprint density at radius 3 is 2.46 bits per heavy atom. The van der Waals surface area contributed by atoms with E-state index >= 15 is 0 Å². The van der Waals surface area contributed by atoms with Crippen molar-refractivity contribution in [2.75, 3.05) is 18.1 Å². The lowest BCUT2D eigenvalue weighted by Crippen LogP contribution is -2.24. The number of carbonyl (C=O) groups excluding carboxylic acids is 1. The number of hydrogen-bond donors (Lipinski definition) is 1. The van der Waals surface area contributed by atoms with Crippen molar-refractivity contribution in [1.82, 2.24) is 14.8 Å². The average Bonchev–Trinajstić information content (AvgIpc) is 3.46. The van der Waals surface area contributed by atoms with Gasteiger partial charge in [0.2, 0.25) is 0 Å². The van der Waals surface area contributed by atoms with Crippen molar-refractivity contribution in [3.8, 4) is 0 Å². The first kappa shape index (κ1) is 26.8. The third-order valence-electron chi connectivity index (χ3n) is 6.73. The van der Waals surface area contributed by atoms with E-state index in [0.29, 0.717) is 42.7 Å². The monoisotopic (exact) mass is 515 g/mol. The van der Waals surface area contributed by atoms with Gasteiger partial charge < -0.3 is 19.9 Å². The van der Waals surface area contributed by atoms with E-state index < -0.39 is 17.6 Å². The number of nitrogens with zero attached hydrogens (tertiary/aromatic N) is 4. The van der Waals surface area contributed by atoms with Gasteiger partial charge in [0.05, 0.1) is 18.7 Å². The van der Waals surface area contributed by atoms with Crippen LogP contribution in [-0.4, -0.2) is 33.8 Å². The number of carbonyl (C=O) groups is 1. The maximum absolute atomic E-state index is 13.8. The molecular formula is C27H32F3N5O2. The number of ether oxygens (including phenoxy) is 1. The van der Waals surface area contributed by atoms with Gasteiger partial charge in [0.15, 0.2) is 0 Å². The third-order valence-corrected chi connectivity index (χ3v) is 6.73. The number of hydrogen-bond acceptors (Lipinski definition) is 5. The Kier molecular flexibility index (Phi) is 8.29. The summed E-state index contributed by atoms with van der Waals surface area (Å²) in [6.45, 7) is 2.95. The number of nitrogens with two attached hydrogens (primary N) is 1. The van der Waals surface area contributed by atoms with Gasteiger partial charge in [-0.3, -0.25) is 4.79 Å². The fourth-order valence-electron chi connectivity index (χ4n) is 4.76. The highest BCUT2D eigenvalue weighted by molar-refractivity contribution is 6.10. The van der Waals surface area contributed by atoms with E-state index in [1.807, 2.05) is 25.2 Å². The summed E-state index contributed by atoms with van der Waals surface area (Å²) < 4.78 is 48.6. The highest BCUT2D eigenvalue weighted by Crippen LogP contribution is 2.43. The molecule has 2 aliphatic rings. The summed E-state index contributed by atoms with van der Waals surface area (Å²) in [6, 6.07) is 10.3. The average molecular weight is 516 g/mol. The minimum Gasteiger partial charge on any atom is -0.377 e. The molecule has 10 heteroatoms. The number of aromatic nitrogens is 3. The molecule has 1 aliphatic carbocycles. The summed E-state index contributed by atoms with van der Waals surface area (Å²) >= 11 is 0. The number of amides is 1. The maximum Gasteiger partial charge on any atom is 0.416 e. The van der Waals surface area contributed by atoms with Crippen LogP contribution in [0.25, 0.3) is 0 Å². The summed E-state index contributed by atoms with van der Waals surface area (Å²) in [4.78, 5) is 14.6. The van der Waals surface area contributed by atoms with Gasteiger partial charge in [-0.1, -0.05) is 19.1 Å². The van der Waals surface area contributed by atoms with Crippen LogP contribution in [0.4, 0.5) is 18.9 Å². The fraction of sp³-hybridized carbons (Fsp3) is 0.444. The van der Waals surface area contributed by atoms with Gasteiger partial charge >= 0.3 is 6.18 Å². The van der Waals surface area contributed by atoms with E-state index in [2.05, 4.69) is 17.1 Å². The quantitative estimate of drug-likeness (QED) is 0.445. The molecule has 1 amide bonds. The van der Waals surface area contributed by atoms with Gasteiger partial charge in [-0.15, -0.1) is 10.2 Å². The van der Waals surface area contributed by atoms with Gasteiger partial charge in [0, 0.05) is 24.9 Å². The Hall–Kier alpha value is -3.24. The van der Waals surface area contributed by atoms with Crippen LogP contribution >= 0.6 is 0 Å². The molecule has 0 atom stereocenters. The van der Waals surface area contributed by atoms with Crippen molar-refractivity contribution < 1.29 is 22.7 Å². The molecule has 3 aromatic rings. The van der Waals surface area contributed by atoms with Gasteiger partial charge in [-0.05, 0) is 78.6 Å². The topological polar surface area (TPSA) is 86.3 Å². The minimum absolute atomic E-state index is 0.0129. The number of anilines is 1. The van der Waals surface area contributed by atoms with Crippen LogP contribution in [0.2, 0.25) is 0 Å². The second kappa shape index (κ2) is 11.4. The normalized spacial score (nSPS) is 18.8. The number of benzene rings is 2. The molecule has 0 radical (unpaired) electrons. The van der Waals surface area contributed by atoms with Crippen molar-refractivity contribution in [3.63, 3.8) is 0 Å². The van der Waals surface area contributed by atoms with E-state index in [9.17, 15) is 18.0 Å². The first-order valence-electron chi connectivity index (χ1n) is 12.4. The summed E-state index contributed by atoms with van der Waals surface area (Å²) in [5.41, 5.74) is 6.93. The van der Waals surface area contributed by atoms with Crippen molar-refractivity contribution in [2.24, 2.45) is 18.7 Å². The second-order valence-electron chi connectivity index (χ2n) is 9.75. The Balaban J connectivity index is 0.000000469. The van der Waals surface area contributed by atoms with E-state index in [-0.39, 0.29) is 24.3 Å². The molecule has 2 N–H and O–H groups in total. The molecule has 1 aromatic heterocycles. The first-order chi connectivity index (χ1) is 17.7. The van der Waals surface area contributed by atoms with Crippen molar-refractivity contribution in [1.29, 1.82) is 0 Å². The Morgan fingerprint density at radius 2 is 1.86 bits per heavy atom. The molecule has 2 heterocycles. The van der Waals surface area contributed by atoms with Crippen molar-refractivity contribution in [2.45, 2.75) is 51.4 Å². The number of fused-ring (bicyclic) bond motifs is 1. The van der Waals surface area contributed by atoms with E-state index in [1.54, 1.807) is 23.3 Å². The van der Waals surface area contributed by atoms with Crippen LogP contribution in [0.3, 0.4) is 0 Å². The summed E-state index contributed by atoms with van der Waals surface area (Å²) in [5, 5.41) is 7.07. The molecule has 1 saturated carbocycles. The van der Waals surface area contributed by atoms with E-state index in [1.165, 1.54) is 11.0 Å². The zero-order chi connectivity index (χ0) is 26.6. The lowest BCUT2D eigenvalue weighted by atomic mass is 9.72. The molecule has 2 aromatic carbocycles. The van der Waals surface area contributed by atoms with Crippen LogP contribution < -0.4 is 10.6 Å². The maximum atomic E-state index is 13.8. The summed E-state index contributed by atoms with van der Waals surface area (Å²) in [5.74, 6) is 0.743. The zero-order valence-electron chi connectivity index (χ0n) is 21.0. The Labute approximate surface area is 214 Å². The molecule has 198 valence electrons. The number of rotatable bonds is 7. The molecule has 5 rings (SSSR count). The highest BCUT2D eigenvalue weighted by atomic mass is 19.4. The predicted octanol–water partition coefficient (Wildman–Crippen LogP) is 5.06. The largest absolute Gasteiger partial charge is 0.416 e. The first-order valence-corrected chi connectivity index (χ1v) is 12.4. The SMILES string of the molecule is CC1CC(c2cccc(N3Cc4c(cc(COCCCN)cc4C(F)(F)F)C3=O)c2)C1.Cn1cnnc1. The highest BCUT2D eigenvalue weighted by Gasteiger charge is 2.40. The molecule has 0 saturated heterocycles. The Bertz CT molecular complexity index is 1210. The minimum atomic E-state index is -4.54. The number of aryl methyl sites for hydroxylation is 1. The van der Waals surface area contributed by atoms with Gasteiger partial charge in [-0.25, -0.2) is 0 Å². The molecule has 0 spiro atoms. The molecule has 0 bridgehead atoms. The zero-order valence-corrected chi connectivity index (χ0v) is 21.0. The van der Waals surface area contributed by atoms with Gasteiger partial charge in [-0.2, -0.15) is 13.2 Å². The summed E-state index contributed by atoms with van der Waals surface area (Å²) in [7, 11) is 1.88. The van der Waals surface area contributed by atoms with Crippen LogP contribution in [0.15, 0.2) is 49.1 Å². The van der Waals surface area contributed by atoms with E-state index in [4.69, 9.17) is 10.5 Å². The smallest absolute Gasteiger partial charge is 0.377 e. The lowest BCUT2D eigenvalue weighted by molar-refractivity contribution is -0.138. The number of alkyl halides is 3. The Morgan fingerprint density at radius 1 is 1.14 bits per heavy atom. The van der Waals surface area contributed by atoms with Crippen molar-refractivity contribution >= 4 is 11.6 Å². The molecule has 7 nitrogen and oxygen atoms in total. The lowest BCUT2D eigenvalue weighted by Gasteiger charge is -2.33. The van der Waals surface area contributed by atoms with Gasteiger partial charge in [0.25, 0.3) is 5.91 Å². The van der Waals surface area contributed by atoms with Crippen LogP contribution in [0.5, 0.6) is 0 Å². The van der Waals surface area contributed by atoms with Gasteiger partial charge in [0.1, 0.15) is 12.7 Å². The van der Waals surface area contributed by atoms with E-state index in [0.717, 1.165) is 24.5 Å². The van der Waals surface area contributed by atoms with Crippen molar-refractivity contribution in [3.05, 3.63) is 76.9 Å². The molecule has 1 aliphatic heterocycles. The summed E-state index contributed by atoms with van der Waals surface area (Å²) in [6.07, 6.45) is 1.56. The van der Waals surface area contributed by atoms with Crippen LogP contribution in [-0.2, 0) is 31.1 Å². The third kappa shape index (κ3) is 6.37. The standard InChI is InChI=1S/C24H27F3N2O2.C3H5N3/c1-15-8-18(9-15)17-4-2-5-19(12-17)29-13-21-20(23(29)30)10-16(14-31-7-3-6-28)11-22(21)24(25,26)27;1-6-2-4-5-3-6/h2,4-5,10-12,15,18H,3,6-9,13-14,28H2,1H3;2-3H,1H3. The van der Waals surface area contributed by atoms with Crippen LogP contribution in [0, 0.1) is 5.92 Å². The fourth-order valence-corrected chi connectivity index (χ4v) is 4.76. The predicted molar refractivity (Wildman–Crippen MR) is 134 cm³/mol. The van der Waals surface area contributed by atoms with Crippen LogP contribution in [0.1, 0.15) is 64.7 Å².